The zero-order chi connectivity index (χ0) is 14.4. The molecular weight excluding hydrogens is 250 g/mol. The van der Waals surface area contributed by atoms with Crippen LogP contribution in [0, 0.1) is 0 Å². The Morgan fingerprint density at radius 2 is 2.11 bits per heavy atom. The van der Waals surface area contributed by atoms with Crippen LogP contribution < -0.4 is 0 Å². The first-order valence-electron chi connectivity index (χ1n) is 5.98. The van der Waals surface area contributed by atoms with Gasteiger partial charge in [0.25, 0.3) is 0 Å². The second-order valence-electron chi connectivity index (χ2n) is 4.22. The third-order valence-corrected chi connectivity index (χ3v) is 2.42. The van der Waals surface area contributed by atoms with Crippen molar-refractivity contribution >= 4 is 12.0 Å². The summed E-state index contributed by atoms with van der Waals surface area (Å²) >= 11 is 0. The molecule has 0 fully saturated rings. The molecule has 0 saturated carbocycles. The summed E-state index contributed by atoms with van der Waals surface area (Å²) in [7, 11) is 4.64. The van der Waals surface area contributed by atoms with Crippen LogP contribution in [0.25, 0.3) is 0 Å². The van der Waals surface area contributed by atoms with E-state index in [4.69, 9.17) is 4.42 Å². The van der Waals surface area contributed by atoms with Crippen LogP contribution in [0.5, 0.6) is 0 Å². The zero-order valence-electron chi connectivity index (χ0n) is 11.7. The summed E-state index contributed by atoms with van der Waals surface area (Å²) in [5, 5.41) is 0. The van der Waals surface area contributed by atoms with Gasteiger partial charge in [0.05, 0.1) is 13.7 Å². The number of ether oxygens (including phenoxy) is 1. The van der Waals surface area contributed by atoms with Crippen molar-refractivity contribution in [3.05, 3.63) is 17.8 Å². The summed E-state index contributed by atoms with van der Waals surface area (Å²) in [6, 6.07) is -0.125. The lowest BCUT2D eigenvalue weighted by Gasteiger charge is -2.24. The minimum absolute atomic E-state index is 0.103. The molecule has 7 heteroatoms. The van der Waals surface area contributed by atoms with Crippen molar-refractivity contribution in [1.82, 2.24) is 14.8 Å². The van der Waals surface area contributed by atoms with E-state index in [0.717, 1.165) is 6.42 Å². The molecule has 0 aromatic carbocycles. The molecule has 0 aliphatic heterocycles. The predicted molar refractivity (Wildman–Crippen MR) is 67.6 cm³/mol. The fourth-order valence-corrected chi connectivity index (χ4v) is 1.54. The third-order valence-electron chi connectivity index (χ3n) is 2.42. The highest BCUT2D eigenvalue weighted by Crippen LogP contribution is 2.09. The molecular formula is C12H19N3O4. The summed E-state index contributed by atoms with van der Waals surface area (Å²) in [4.78, 5) is 30.3. The van der Waals surface area contributed by atoms with Gasteiger partial charge in [-0.2, -0.15) is 0 Å². The Balaban J connectivity index is 2.76. The van der Waals surface area contributed by atoms with Crippen LogP contribution in [0.15, 0.2) is 10.7 Å². The molecule has 0 bridgehead atoms. The second-order valence-corrected chi connectivity index (χ2v) is 4.22. The number of oxazole rings is 1. The van der Waals surface area contributed by atoms with E-state index in [-0.39, 0.29) is 18.3 Å². The first-order valence-corrected chi connectivity index (χ1v) is 5.98. The van der Waals surface area contributed by atoms with Crippen LogP contribution in [0.2, 0.25) is 0 Å². The van der Waals surface area contributed by atoms with Gasteiger partial charge < -0.3 is 19.0 Å². The topological polar surface area (TPSA) is 75.9 Å². The van der Waals surface area contributed by atoms with E-state index in [1.165, 1.54) is 18.3 Å². The quantitative estimate of drug-likeness (QED) is 0.754. The van der Waals surface area contributed by atoms with Gasteiger partial charge in [-0.3, -0.25) is 0 Å². The van der Waals surface area contributed by atoms with Crippen molar-refractivity contribution in [2.45, 2.75) is 19.9 Å². The average molecular weight is 269 g/mol. The van der Waals surface area contributed by atoms with E-state index >= 15 is 0 Å². The highest BCUT2D eigenvalue weighted by atomic mass is 16.5. The van der Waals surface area contributed by atoms with E-state index < -0.39 is 5.97 Å². The number of urea groups is 1. The van der Waals surface area contributed by atoms with Crippen molar-refractivity contribution < 1.29 is 18.7 Å². The van der Waals surface area contributed by atoms with Gasteiger partial charge in [-0.25, -0.2) is 14.6 Å². The Kier molecular flexibility index (Phi) is 5.35. The molecule has 1 aromatic heterocycles. The molecule has 0 unspecified atom stereocenters. The number of methoxy groups -OCH3 is 1. The number of carbonyl (C=O) groups excluding carboxylic acids is 2. The van der Waals surface area contributed by atoms with Gasteiger partial charge in [0.1, 0.15) is 6.26 Å². The molecule has 1 aromatic rings. The fourth-order valence-electron chi connectivity index (χ4n) is 1.54. The van der Waals surface area contributed by atoms with E-state index in [9.17, 15) is 9.59 Å². The molecule has 0 aliphatic rings. The molecule has 0 saturated heterocycles. The smallest absolute Gasteiger partial charge is 0.360 e. The summed E-state index contributed by atoms with van der Waals surface area (Å²) in [6.45, 7) is 2.79. The van der Waals surface area contributed by atoms with Crippen molar-refractivity contribution in [3.63, 3.8) is 0 Å². The first kappa shape index (κ1) is 15.0. The van der Waals surface area contributed by atoms with Gasteiger partial charge in [0, 0.05) is 20.6 Å². The molecule has 1 heterocycles. The number of esters is 1. The SMILES string of the molecule is CCCN(Cc1nc(C(=O)OC)co1)C(=O)N(C)C. The Hall–Kier alpha value is -2.05. The predicted octanol–water partition coefficient (Wildman–Crippen LogP) is 1.35. The molecule has 1 rings (SSSR count). The number of carbonyl (C=O) groups is 2. The van der Waals surface area contributed by atoms with E-state index in [0.29, 0.717) is 12.4 Å². The molecule has 0 radical (unpaired) electrons. The third kappa shape index (κ3) is 3.97. The van der Waals surface area contributed by atoms with Gasteiger partial charge in [-0.15, -0.1) is 0 Å². The highest BCUT2D eigenvalue weighted by molar-refractivity contribution is 5.86. The van der Waals surface area contributed by atoms with E-state index in [1.54, 1.807) is 19.0 Å². The number of aromatic nitrogens is 1. The average Bonchev–Trinajstić information content (AvgIpc) is 2.84. The van der Waals surface area contributed by atoms with Crippen LogP contribution >= 0.6 is 0 Å². The summed E-state index contributed by atoms with van der Waals surface area (Å²) in [6.07, 6.45) is 2.05. The summed E-state index contributed by atoms with van der Waals surface area (Å²) in [5.41, 5.74) is 0.103. The Bertz CT molecular complexity index is 442. The van der Waals surface area contributed by atoms with E-state index in [2.05, 4.69) is 9.72 Å². The largest absolute Gasteiger partial charge is 0.464 e. The van der Waals surface area contributed by atoms with Crippen LogP contribution in [-0.2, 0) is 11.3 Å². The van der Waals surface area contributed by atoms with Crippen LogP contribution in [0.1, 0.15) is 29.7 Å². The maximum atomic E-state index is 11.9. The van der Waals surface area contributed by atoms with Gasteiger partial charge >= 0.3 is 12.0 Å². The zero-order valence-corrected chi connectivity index (χ0v) is 11.7. The normalized spacial score (nSPS) is 10.1. The lowest BCUT2D eigenvalue weighted by Crippen LogP contribution is -2.39. The number of hydrogen-bond acceptors (Lipinski definition) is 5. The standard InChI is InChI=1S/C12H19N3O4/c1-5-6-15(12(17)14(2)3)7-10-13-9(8-19-10)11(16)18-4/h8H,5-7H2,1-4H3. The molecule has 7 nitrogen and oxygen atoms in total. The molecule has 0 N–H and O–H groups in total. The Labute approximate surface area is 112 Å². The van der Waals surface area contributed by atoms with Crippen molar-refractivity contribution in [2.24, 2.45) is 0 Å². The maximum absolute atomic E-state index is 11.9. The molecule has 106 valence electrons. The molecule has 0 spiro atoms. The lowest BCUT2D eigenvalue weighted by atomic mass is 10.4. The minimum Gasteiger partial charge on any atom is -0.464 e. The van der Waals surface area contributed by atoms with Crippen molar-refractivity contribution in [2.75, 3.05) is 27.7 Å². The fraction of sp³-hybridized carbons (Fsp3) is 0.583. The van der Waals surface area contributed by atoms with Gasteiger partial charge in [0.2, 0.25) is 5.89 Å². The summed E-state index contributed by atoms with van der Waals surface area (Å²) in [5.74, 6) is -0.250. The second kappa shape index (κ2) is 6.77. The molecule has 2 amide bonds. The molecule has 0 aliphatic carbocycles. The Morgan fingerprint density at radius 1 is 1.42 bits per heavy atom. The monoisotopic (exact) mass is 269 g/mol. The van der Waals surface area contributed by atoms with Gasteiger partial charge in [0.15, 0.2) is 5.69 Å². The maximum Gasteiger partial charge on any atom is 0.360 e. The number of rotatable bonds is 5. The number of amides is 2. The van der Waals surface area contributed by atoms with Crippen LogP contribution in [-0.4, -0.2) is 54.5 Å². The molecule has 0 atom stereocenters. The number of nitrogens with zero attached hydrogens (tertiary/aromatic N) is 3. The van der Waals surface area contributed by atoms with Gasteiger partial charge in [-0.1, -0.05) is 6.92 Å². The van der Waals surface area contributed by atoms with E-state index in [1.807, 2.05) is 6.92 Å². The highest BCUT2D eigenvalue weighted by Gasteiger charge is 2.19. The van der Waals surface area contributed by atoms with Gasteiger partial charge in [-0.05, 0) is 6.42 Å². The first-order chi connectivity index (χ1) is 8.99. The Morgan fingerprint density at radius 3 is 2.63 bits per heavy atom. The minimum atomic E-state index is -0.559. The summed E-state index contributed by atoms with van der Waals surface area (Å²) < 4.78 is 9.71. The van der Waals surface area contributed by atoms with Crippen molar-refractivity contribution in [1.29, 1.82) is 0 Å². The van der Waals surface area contributed by atoms with Crippen LogP contribution in [0.3, 0.4) is 0 Å². The molecule has 19 heavy (non-hydrogen) atoms. The number of hydrogen-bond donors (Lipinski definition) is 0. The van der Waals surface area contributed by atoms with Crippen LogP contribution in [0.4, 0.5) is 4.79 Å². The van der Waals surface area contributed by atoms with Crippen molar-refractivity contribution in [3.8, 4) is 0 Å². The lowest BCUT2D eigenvalue weighted by molar-refractivity contribution is 0.0594.